The Kier molecular flexibility index (Phi) is 4.60. The minimum absolute atomic E-state index is 0.0378. The number of carbonyl (C=O) groups is 1. The van der Waals surface area contributed by atoms with Crippen molar-refractivity contribution in [3.8, 4) is 0 Å². The van der Waals surface area contributed by atoms with Gasteiger partial charge in [0.15, 0.2) is 0 Å². The molecule has 0 unspecified atom stereocenters. The van der Waals surface area contributed by atoms with Gasteiger partial charge in [-0.2, -0.15) is 13.2 Å². The van der Waals surface area contributed by atoms with Crippen molar-refractivity contribution in [3.63, 3.8) is 0 Å². The van der Waals surface area contributed by atoms with E-state index in [0.717, 1.165) is 41.8 Å². The van der Waals surface area contributed by atoms with Gasteiger partial charge < -0.3 is 0 Å². The van der Waals surface area contributed by atoms with Crippen molar-refractivity contribution in [2.45, 2.75) is 31.4 Å². The summed E-state index contributed by atoms with van der Waals surface area (Å²) in [6.45, 7) is 0. The summed E-state index contributed by atoms with van der Waals surface area (Å²) in [5.74, 6) is -0.913. The zero-order valence-corrected chi connectivity index (χ0v) is 15.0. The van der Waals surface area contributed by atoms with Crippen LogP contribution in [0.5, 0.6) is 0 Å². The van der Waals surface area contributed by atoms with Gasteiger partial charge in [0, 0.05) is 12.0 Å². The smallest absolute Gasteiger partial charge is 0.273 e. The number of rotatable bonds is 4. The Labute approximate surface area is 162 Å². The fraction of sp³-hybridized carbons (Fsp3) is 0.250. The number of nitrogens with zero attached hydrogens (tertiary/aromatic N) is 2. The number of nitrogens with one attached hydrogen (secondary N) is 1. The highest BCUT2D eigenvalue weighted by atomic mass is 19.4. The molecule has 0 saturated heterocycles. The zero-order chi connectivity index (χ0) is 20.8. The van der Waals surface area contributed by atoms with Crippen LogP contribution in [0.3, 0.4) is 0 Å². The Morgan fingerprint density at radius 1 is 1.17 bits per heavy atom. The van der Waals surface area contributed by atoms with E-state index in [2.05, 4.69) is 10.4 Å². The highest BCUT2D eigenvalue weighted by molar-refractivity contribution is 5.86. The molecule has 0 radical (unpaired) electrons. The number of aromatic nitrogens is 2. The first kappa shape index (κ1) is 19.1. The van der Waals surface area contributed by atoms with E-state index in [1.165, 1.54) is 18.2 Å². The molecule has 1 aliphatic rings. The zero-order valence-electron chi connectivity index (χ0n) is 15.0. The van der Waals surface area contributed by atoms with Gasteiger partial charge in [-0.3, -0.25) is 15.0 Å². The predicted molar refractivity (Wildman–Crippen MR) is 97.5 cm³/mol. The second kappa shape index (κ2) is 6.98. The number of benzene rings is 2. The number of halogens is 4. The molecule has 2 aromatic carbocycles. The van der Waals surface area contributed by atoms with E-state index in [9.17, 15) is 27.2 Å². The van der Waals surface area contributed by atoms with Gasteiger partial charge >= 0.3 is 6.18 Å². The maximum absolute atomic E-state index is 13.5. The fourth-order valence-corrected chi connectivity index (χ4v) is 3.11. The summed E-state index contributed by atoms with van der Waals surface area (Å²) < 4.78 is 53.1. The predicted octanol–water partition coefficient (Wildman–Crippen LogP) is 3.74. The minimum atomic E-state index is -4.51. The number of hydrogen-bond donors (Lipinski definition) is 1. The van der Waals surface area contributed by atoms with Crippen molar-refractivity contribution in [1.29, 1.82) is 0 Å². The quantitative estimate of drug-likeness (QED) is 0.673. The fourth-order valence-electron chi connectivity index (χ4n) is 3.11. The first-order valence-electron chi connectivity index (χ1n) is 8.90. The molecule has 1 saturated carbocycles. The highest BCUT2D eigenvalue weighted by Gasteiger charge is 2.31. The molecular formula is C20H15F4N3O2. The molecule has 1 aromatic heterocycles. The summed E-state index contributed by atoms with van der Waals surface area (Å²) in [7, 11) is 0. The third-order valence-electron chi connectivity index (χ3n) is 4.66. The van der Waals surface area contributed by atoms with Gasteiger partial charge in [-0.05, 0) is 36.6 Å². The lowest BCUT2D eigenvalue weighted by Gasteiger charge is -2.14. The molecule has 0 bridgehead atoms. The van der Waals surface area contributed by atoms with Gasteiger partial charge in [-0.15, -0.1) is 0 Å². The monoisotopic (exact) mass is 405 g/mol. The lowest BCUT2D eigenvalue weighted by molar-refractivity contribution is -0.137. The first-order valence-corrected chi connectivity index (χ1v) is 8.90. The van der Waals surface area contributed by atoms with Crippen molar-refractivity contribution in [2.24, 2.45) is 0 Å². The van der Waals surface area contributed by atoms with E-state index in [-0.39, 0.29) is 28.8 Å². The normalized spacial score (nSPS) is 14.2. The van der Waals surface area contributed by atoms with Crippen molar-refractivity contribution in [2.75, 3.05) is 5.43 Å². The molecule has 5 nitrogen and oxygen atoms in total. The Balaban J connectivity index is 1.65. The molecule has 29 heavy (non-hydrogen) atoms. The number of alkyl halides is 3. The summed E-state index contributed by atoms with van der Waals surface area (Å²) in [5.41, 5.74) is 1.38. The van der Waals surface area contributed by atoms with Gasteiger partial charge in [-0.25, -0.2) is 14.1 Å². The minimum Gasteiger partial charge on any atom is -0.273 e. The van der Waals surface area contributed by atoms with Crippen LogP contribution < -0.4 is 11.0 Å². The molecule has 3 aromatic rings. The number of carbonyl (C=O) groups excluding carboxylic acids is 1. The summed E-state index contributed by atoms with van der Waals surface area (Å²) in [6.07, 6.45) is -3.31. The Morgan fingerprint density at radius 3 is 2.62 bits per heavy atom. The van der Waals surface area contributed by atoms with Gasteiger partial charge in [0.1, 0.15) is 11.6 Å². The van der Waals surface area contributed by atoms with Crippen LogP contribution in [0, 0.1) is 5.82 Å². The van der Waals surface area contributed by atoms with Crippen LogP contribution in [0.4, 0.5) is 17.6 Å². The molecule has 1 heterocycles. The average Bonchev–Trinajstić information content (AvgIpc) is 3.48. The first-order chi connectivity index (χ1) is 13.7. The summed E-state index contributed by atoms with van der Waals surface area (Å²) >= 11 is 0. The number of hydrogen-bond acceptors (Lipinski definition) is 3. The third-order valence-corrected chi connectivity index (χ3v) is 4.66. The standard InChI is InChI=1S/C20H15F4N3O2/c21-14-6-7-15-16(10-14)25-18(12-4-5-12)27(19(15)29)26-17(28)9-11-2-1-3-13(8-11)20(22,23)24/h1-3,6-8,10,12H,4-5,9H2,(H,26,28). The van der Waals surface area contributed by atoms with Crippen LogP contribution in [-0.4, -0.2) is 15.6 Å². The summed E-state index contributed by atoms with van der Waals surface area (Å²) in [4.78, 5) is 29.6. The Hall–Kier alpha value is -3.23. The molecule has 1 N–H and O–H groups in total. The molecule has 4 rings (SSSR count). The van der Waals surface area contributed by atoms with E-state index in [1.54, 1.807) is 0 Å². The Morgan fingerprint density at radius 2 is 1.93 bits per heavy atom. The average molecular weight is 405 g/mol. The van der Waals surface area contributed by atoms with E-state index >= 15 is 0 Å². The number of amides is 1. The molecular weight excluding hydrogens is 390 g/mol. The van der Waals surface area contributed by atoms with Gasteiger partial charge in [0.25, 0.3) is 5.56 Å². The van der Waals surface area contributed by atoms with Crippen molar-refractivity contribution in [1.82, 2.24) is 9.66 Å². The molecule has 0 spiro atoms. The topological polar surface area (TPSA) is 64.0 Å². The maximum atomic E-state index is 13.5. The second-order valence-electron chi connectivity index (χ2n) is 6.96. The molecule has 150 valence electrons. The maximum Gasteiger partial charge on any atom is 0.416 e. The Bertz CT molecular complexity index is 1170. The van der Waals surface area contributed by atoms with E-state index in [1.807, 2.05) is 0 Å². The second-order valence-corrected chi connectivity index (χ2v) is 6.96. The largest absolute Gasteiger partial charge is 0.416 e. The molecule has 0 aliphatic heterocycles. The van der Waals surface area contributed by atoms with Gasteiger partial charge in [0.2, 0.25) is 5.91 Å². The van der Waals surface area contributed by atoms with Crippen LogP contribution in [0.15, 0.2) is 47.3 Å². The van der Waals surface area contributed by atoms with Crippen molar-refractivity contribution < 1.29 is 22.4 Å². The lowest BCUT2D eigenvalue weighted by Crippen LogP contribution is -2.37. The van der Waals surface area contributed by atoms with Gasteiger partial charge in [0.05, 0.1) is 22.9 Å². The number of fused-ring (bicyclic) bond motifs is 1. The van der Waals surface area contributed by atoms with Crippen LogP contribution in [0.25, 0.3) is 10.9 Å². The molecule has 1 aliphatic carbocycles. The van der Waals surface area contributed by atoms with E-state index in [0.29, 0.717) is 5.82 Å². The van der Waals surface area contributed by atoms with Gasteiger partial charge in [-0.1, -0.05) is 18.2 Å². The molecule has 0 atom stereocenters. The lowest BCUT2D eigenvalue weighted by atomic mass is 10.1. The summed E-state index contributed by atoms with van der Waals surface area (Å²) in [5, 5.41) is 0.134. The van der Waals surface area contributed by atoms with Crippen LogP contribution in [-0.2, 0) is 17.4 Å². The van der Waals surface area contributed by atoms with Crippen LogP contribution in [0.2, 0.25) is 0 Å². The van der Waals surface area contributed by atoms with Crippen molar-refractivity contribution >= 4 is 16.8 Å². The van der Waals surface area contributed by atoms with Crippen LogP contribution >= 0.6 is 0 Å². The van der Waals surface area contributed by atoms with Crippen LogP contribution in [0.1, 0.15) is 35.7 Å². The SMILES string of the molecule is O=C(Cc1cccc(C(F)(F)F)c1)Nn1c(C2CC2)nc2cc(F)ccc2c1=O. The molecule has 1 fully saturated rings. The highest BCUT2D eigenvalue weighted by Crippen LogP contribution is 2.38. The molecule has 9 heteroatoms. The van der Waals surface area contributed by atoms with E-state index < -0.39 is 29.0 Å². The summed E-state index contributed by atoms with van der Waals surface area (Å²) in [6, 6.07) is 8.00. The molecule has 1 amide bonds. The third kappa shape index (κ3) is 3.98. The van der Waals surface area contributed by atoms with E-state index in [4.69, 9.17) is 0 Å². The van der Waals surface area contributed by atoms with Crippen molar-refractivity contribution in [3.05, 3.63) is 75.6 Å².